The first-order chi connectivity index (χ1) is 10.3. The van der Waals surface area contributed by atoms with Crippen molar-refractivity contribution in [1.82, 2.24) is 9.80 Å². The van der Waals surface area contributed by atoms with Crippen LogP contribution >= 0.6 is 11.6 Å². The molecule has 1 fully saturated rings. The smallest absolute Gasteiger partial charge is 0.119 e. The summed E-state index contributed by atoms with van der Waals surface area (Å²) >= 11 is 5.84. The Labute approximate surface area is 131 Å². The van der Waals surface area contributed by atoms with Gasteiger partial charge in [-0.3, -0.25) is 4.90 Å². The highest BCUT2D eigenvalue weighted by atomic mass is 35.5. The second-order valence-electron chi connectivity index (χ2n) is 5.25. The molecule has 0 amide bonds. The van der Waals surface area contributed by atoms with E-state index in [1.54, 1.807) is 0 Å². The summed E-state index contributed by atoms with van der Waals surface area (Å²) in [5.41, 5.74) is 0. The molecular formula is C16H22ClN3O. The quantitative estimate of drug-likeness (QED) is 0.726. The third-order valence-electron chi connectivity index (χ3n) is 3.72. The van der Waals surface area contributed by atoms with Crippen molar-refractivity contribution in [2.24, 2.45) is 0 Å². The number of hydrogen-bond acceptors (Lipinski definition) is 4. The van der Waals surface area contributed by atoms with Gasteiger partial charge < -0.3 is 9.64 Å². The molecule has 114 valence electrons. The summed E-state index contributed by atoms with van der Waals surface area (Å²) < 4.78 is 5.72. The maximum atomic E-state index is 8.55. The van der Waals surface area contributed by atoms with E-state index < -0.39 is 0 Å². The second-order valence-corrected chi connectivity index (χ2v) is 5.68. The van der Waals surface area contributed by atoms with E-state index in [0.29, 0.717) is 13.0 Å². The second kappa shape index (κ2) is 8.89. The first kappa shape index (κ1) is 16.1. The van der Waals surface area contributed by atoms with E-state index in [1.807, 2.05) is 24.3 Å². The van der Waals surface area contributed by atoms with Gasteiger partial charge in [0, 0.05) is 44.2 Å². The van der Waals surface area contributed by atoms with Crippen LogP contribution < -0.4 is 4.74 Å². The number of piperazine rings is 1. The first-order valence-corrected chi connectivity index (χ1v) is 7.86. The summed E-state index contributed by atoms with van der Waals surface area (Å²) in [6.07, 6.45) is 1.64. The molecule has 0 saturated carbocycles. The Hall–Kier alpha value is -1.28. The number of nitriles is 1. The molecule has 0 radical (unpaired) electrons. The van der Waals surface area contributed by atoms with Gasteiger partial charge in [-0.05, 0) is 37.2 Å². The number of hydrogen-bond donors (Lipinski definition) is 0. The normalized spacial score (nSPS) is 16.6. The average molecular weight is 308 g/mol. The molecule has 0 bridgehead atoms. The molecule has 1 aliphatic rings. The number of benzene rings is 1. The van der Waals surface area contributed by atoms with Gasteiger partial charge in [0.25, 0.3) is 0 Å². The Kier molecular flexibility index (Phi) is 6.81. The SMILES string of the molecule is N#CCCCN1CCN(CCOc2ccc(Cl)cc2)CC1. The van der Waals surface area contributed by atoms with Gasteiger partial charge in [0.2, 0.25) is 0 Å². The van der Waals surface area contributed by atoms with Crippen LogP contribution in [0.25, 0.3) is 0 Å². The maximum absolute atomic E-state index is 8.55. The minimum Gasteiger partial charge on any atom is -0.492 e. The number of nitrogens with zero attached hydrogens (tertiary/aromatic N) is 3. The predicted molar refractivity (Wildman–Crippen MR) is 84.7 cm³/mol. The molecule has 0 aliphatic carbocycles. The lowest BCUT2D eigenvalue weighted by Crippen LogP contribution is -2.47. The third-order valence-corrected chi connectivity index (χ3v) is 3.97. The zero-order valence-corrected chi connectivity index (χ0v) is 13.1. The zero-order valence-electron chi connectivity index (χ0n) is 12.3. The summed E-state index contributed by atoms with van der Waals surface area (Å²) in [4.78, 5) is 4.87. The molecule has 0 atom stereocenters. The summed E-state index contributed by atoms with van der Waals surface area (Å²) in [7, 11) is 0. The average Bonchev–Trinajstić information content (AvgIpc) is 2.51. The van der Waals surface area contributed by atoms with Crippen LogP contribution in [0.1, 0.15) is 12.8 Å². The monoisotopic (exact) mass is 307 g/mol. The predicted octanol–water partition coefficient (Wildman–Crippen LogP) is 2.64. The van der Waals surface area contributed by atoms with Crippen molar-refractivity contribution in [1.29, 1.82) is 5.26 Å². The van der Waals surface area contributed by atoms with Gasteiger partial charge in [0.15, 0.2) is 0 Å². The molecule has 0 N–H and O–H groups in total. The molecule has 0 aromatic heterocycles. The van der Waals surface area contributed by atoms with Crippen LogP contribution in [0.2, 0.25) is 5.02 Å². The van der Waals surface area contributed by atoms with Crippen LogP contribution in [0, 0.1) is 11.3 Å². The highest BCUT2D eigenvalue weighted by molar-refractivity contribution is 6.30. The van der Waals surface area contributed by atoms with Gasteiger partial charge in [-0.25, -0.2) is 0 Å². The highest BCUT2D eigenvalue weighted by Crippen LogP contribution is 2.15. The minimum absolute atomic E-state index is 0.662. The van der Waals surface area contributed by atoms with Gasteiger partial charge in [-0.15, -0.1) is 0 Å². The Balaban J connectivity index is 1.58. The topological polar surface area (TPSA) is 39.5 Å². The van der Waals surface area contributed by atoms with Crippen LogP contribution in [0.4, 0.5) is 0 Å². The third kappa shape index (κ3) is 5.92. The lowest BCUT2D eigenvalue weighted by atomic mass is 10.2. The van der Waals surface area contributed by atoms with E-state index >= 15 is 0 Å². The number of halogens is 1. The van der Waals surface area contributed by atoms with Crippen LogP contribution in [0.15, 0.2) is 24.3 Å². The van der Waals surface area contributed by atoms with E-state index in [4.69, 9.17) is 21.6 Å². The lowest BCUT2D eigenvalue weighted by Gasteiger charge is -2.34. The van der Waals surface area contributed by atoms with E-state index in [9.17, 15) is 0 Å². The number of unbranched alkanes of at least 4 members (excludes halogenated alkanes) is 1. The summed E-state index contributed by atoms with van der Waals surface area (Å²) in [6.45, 7) is 7.04. The fraction of sp³-hybridized carbons (Fsp3) is 0.562. The van der Waals surface area contributed by atoms with Crippen molar-refractivity contribution in [2.75, 3.05) is 45.9 Å². The minimum atomic E-state index is 0.662. The molecule has 1 saturated heterocycles. The van der Waals surface area contributed by atoms with Crippen LogP contribution in [-0.4, -0.2) is 55.7 Å². The van der Waals surface area contributed by atoms with Crippen molar-refractivity contribution in [3.05, 3.63) is 29.3 Å². The zero-order chi connectivity index (χ0) is 14.9. The largest absolute Gasteiger partial charge is 0.492 e. The van der Waals surface area contributed by atoms with E-state index in [-0.39, 0.29) is 0 Å². The Morgan fingerprint density at radius 2 is 1.67 bits per heavy atom. The van der Waals surface area contributed by atoms with Gasteiger partial charge >= 0.3 is 0 Å². The van der Waals surface area contributed by atoms with Gasteiger partial charge in [-0.1, -0.05) is 11.6 Å². The van der Waals surface area contributed by atoms with Gasteiger partial charge in [0.05, 0.1) is 6.07 Å². The Bertz CT molecular complexity index is 450. The van der Waals surface area contributed by atoms with Crippen LogP contribution in [0.5, 0.6) is 5.75 Å². The Morgan fingerprint density at radius 3 is 2.29 bits per heavy atom. The molecule has 1 aliphatic heterocycles. The summed E-state index contributed by atoms with van der Waals surface area (Å²) in [5.74, 6) is 0.870. The van der Waals surface area contributed by atoms with Crippen molar-refractivity contribution in [3.8, 4) is 11.8 Å². The fourth-order valence-electron chi connectivity index (χ4n) is 2.44. The molecule has 0 spiro atoms. The molecule has 2 rings (SSSR count). The molecular weight excluding hydrogens is 286 g/mol. The highest BCUT2D eigenvalue weighted by Gasteiger charge is 2.15. The van der Waals surface area contributed by atoms with Crippen LogP contribution in [0.3, 0.4) is 0 Å². The van der Waals surface area contributed by atoms with Crippen molar-refractivity contribution < 1.29 is 4.74 Å². The Morgan fingerprint density at radius 1 is 1.05 bits per heavy atom. The van der Waals surface area contributed by atoms with E-state index in [1.165, 1.54) is 0 Å². The van der Waals surface area contributed by atoms with E-state index in [2.05, 4.69) is 15.9 Å². The molecule has 1 heterocycles. The van der Waals surface area contributed by atoms with Crippen molar-refractivity contribution in [3.63, 3.8) is 0 Å². The van der Waals surface area contributed by atoms with Crippen molar-refractivity contribution >= 4 is 11.6 Å². The molecule has 5 heteroatoms. The standard InChI is InChI=1S/C16H22ClN3O/c17-15-3-5-16(6-4-15)21-14-13-20-11-9-19(10-12-20)8-2-1-7-18/h3-6H,1-2,8-14H2. The number of ether oxygens (including phenoxy) is 1. The van der Waals surface area contributed by atoms with Gasteiger partial charge in [-0.2, -0.15) is 5.26 Å². The first-order valence-electron chi connectivity index (χ1n) is 7.48. The van der Waals surface area contributed by atoms with Gasteiger partial charge in [0.1, 0.15) is 12.4 Å². The lowest BCUT2D eigenvalue weighted by molar-refractivity contribution is 0.116. The van der Waals surface area contributed by atoms with Crippen molar-refractivity contribution in [2.45, 2.75) is 12.8 Å². The maximum Gasteiger partial charge on any atom is 0.119 e. The summed E-state index contributed by atoms with van der Waals surface area (Å²) in [6, 6.07) is 9.69. The fourth-order valence-corrected chi connectivity index (χ4v) is 2.57. The van der Waals surface area contributed by atoms with E-state index in [0.717, 1.165) is 56.5 Å². The van der Waals surface area contributed by atoms with Crippen LogP contribution in [-0.2, 0) is 0 Å². The molecule has 0 unspecified atom stereocenters. The number of rotatable bonds is 7. The molecule has 21 heavy (non-hydrogen) atoms. The molecule has 4 nitrogen and oxygen atoms in total. The summed E-state index contributed by atoms with van der Waals surface area (Å²) in [5, 5.41) is 9.28. The molecule has 1 aromatic carbocycles. The molecule has 1 aromatic rings.